The zero-order valence-electron chi connectivity index (χ0n) is 18.6. The van der Waals surface area contributed by atoms with Crippen molar-refractivity contribution in [2.24, 2.45) is 11.8 Å². The van der Waals surface area contributed by atoms with Crippen molar-refractivity contribution in [1.29, 1.82) is 0 Å². The minimum absolute atomic E-state index is 0.124. The van der Waals surface area contributed by atoms with E-state index in [1.807, 2.05) is 22.9 Å². The number of alkyl halides is 3. The molecule has 0 atom stereocenters. The van der Waals surface area contributed by atoms with Crippen LogP contribution in [0.3, 0.4) is 0 Å². The average molecular weight is 486 g/mol. The number of nitrogens with zero attached hydrogens (tertiary/aromatic N) is 3. The van der Waals surface area contributed by atoms with Gasteiger partial charge in [-0.15, -0.1) is 0 Å². The molecule has 0 radical (unpaired) electrons. The van der Waals surface area contributed by atoms with Gasteiger partial charge in [-0.25, -0.2) is 17.7 Å². The highest BCUT2D eigenvalue weighted by atomic mass is 32.2. The predicted molar refractivity (Wildman–Crippen MR) is 119 cm³/mol. The molecule has 1 saturated carbocycles. The molecule has 0 N–H and O–H groups in total. The predicted octanol–water partition coefficient (Wildman–Crippen LogP) is 4.60. The van der Waals surface area contributed by atoms with Crippen LogP contribution in [-0.4, -0.2) is 49.1 Å². The van der Waals surface area contributed by atoms with Crippen LogP contribution in [0.4, 0.5) is 13.2 Å². The molecule has 0 unspecified atom stereocenters. The third kappa shape index (κ3) is 7.41. The summed E-state index contributed by atoms with van der Waals surface area (Å²) in [5.74, 6) is 0.686. The normalized spacial score (nSPS) is 20.0. The monoisotopic (exact) mass is 485 g/mol. The van der Waals surface area contributed by atoms with Crippen LogP contribution in [0.1, 0.15) is 31.2 Å². The van der Waals surface area contributed by atoms with Crippen molar-refractivity contribution in [2.45, 2.75) is 43.3 Å². The van der Waals surface area contributed by atoms with Gasteiger partial charge in [0.1, 0.15) is 0 Å². The first-order valence-corrected chi connectivity index (χ1v) is 12.4. The summed E-state index contributed by atoms with van der Waals surface area (Å²) in [4.78, 5) is 3.86. The van der Waals surface area contributed by atoms with E-state index in [0.29, 0.717) is 25.7 Å². The van der Waals surface area contributed by atoms with E-state index >= 15 is 0 Å². The molecule has 1 heterocycles. The molecule has 0 aliphatic heterocycles. The van der Waals surface area contributed by atoms with Crippen LogP contribution in [0.5, 0.6) is 0 Å². The lowest BCUT2D eigenvalue weighted by Gasteiger charge is -2.30. The van der Waals surface area contributed by atoms with Crippen molar-refractivity contribution in [3.8, 4) is 0 Å². The van der Waals surface area contributed by atoms with Gasteiger partial charge in [-0.3, -0.25) is 0 Å². The smallest absolute Gasteiger partial charge is 0.377 e. The molecule has 2 aromatic rings. The van der Waals surface area contributed by atoms with E-state index in [-0.39, 0.29) is 10.8 Å². The van der Waals surface area contributed by atoms with Gasteiger partial charge in [0.25, 0.3) is 0 Å². The zero-order valence-corrected chi connectivity index (χ0v) is 19.4. The fourth-order valence-electron chi connectivity index (χ4n) is 4.00. The Morgan fingerprint density at radius 3 is 2.39 bits per heavy atom. The summed E-state index contributed by atoms with van der Waals surface area (Å²) in [6.07, 6.45) is 8.67. The van der Waals surface area contributed by atoms with Gasteiger partial charge in [0.2, 0.25) is 10.0 Å². The molecule has 0 spiro atoms. The molecule has 0 amide bonds. The third-order valence-corrected chi connectivity index (χ3v) is 7.82. The minimum atomic E-state index is -4.49. The number of aromatic nitrogens is 2. The standard InChI is InChI=1S/C23H30F3N3O3S/c1-28(33(30,31)22-10-8-21(9-11-22)23(24,25)26)16-19-4-6-20(7-5-19)17-32-15-3-2-13-29-14-12-27-18-29/h2-3,8-12,14,18-20H,4-7,13,15-17H2,1H3. The van der Waals surface area contributed by atoms with E-state index in [1.54, 1.807) is 12.5 Å². The highest BCUT2D eigenvalue weighted by Gasteiger charge is 2.32. The second-order valence-corrected chi connectivity index (χ2v) is 10.5. The van der Waals surface area contributed by atoms with E-state index in [4.69, 9.17) is 4.74 Å². The Kier molecular flexibility index (Phi) is 8.72. The van der Waals surface area contributed by atoms with Gasteiger partial charge in [0.15, 0.2) is 0 Å². The van der Waals surface area contributed by atoms with Gasteiger partial charge in [-0.1, -0.05) is 12.2 Å². The zero-order chi connectivity index (χ0) is 23.9. The van der Waals surface area contributed by atoms with E-state index in [9.17, 15) is 21.6 Å². The molecule has 182 valence electrons. The average Bonchev–Trinajstić information content (AvgIpc) is 3.30. The van der Waals surface area contributed by atoms with Crippen molar-refractivity contribution in [2.75, 3.05) is 26.8 Å². The molecule has 1 aliphatic rings. The third-order valence-electron chi connectivity index (χ3n) is 5.98. The van der Waals surface area contributed by atoms with Gasteiger partial charge in [-0.2, -0.15) is 13.2 Å². The van der Waals surface area contributed by atoms with Gasteiger partial charge in [0, 0.05) is 39.1 Å². The summed E-state index contributed by atoms with van der Waals surface area (Å²) in [6.45, 7) is 2.36. The van der Waals surface area contributed by atoms with Crippen molar-refractivity contribution in [3.63, 3.8) is 0 Å². The van der Waals surface area contributed by atoms with Crippen molar-refractivity contribution < 1.29 is 26.3 Å². The molecule has 1 aromatic heterocycles. The number of halogens is 3. The van der Waals surface area contributed by atoms with Crippen molar-refractivity contribution in [1.82, 2.24) is 13.9 Å². The Morgan fingerprint density at radius 2 is 1.79 bits per heavy atom. The van der Waals surface area contributed by atoms with Crippen LogP contribution in [0, 0.1) is 11.8 Å². The molecule has 3 rings (SSSR count). The molecule has 1 aromatic carbocycles. The van der Waals surface area contributed by atoms with Gasteiger partial charge in [-0.05, 0) is 61.8 Å². The van der Waals surface area contributed by atoms with Crippen LogP contribution in [0.25, 0.3) is 0 Å². The summed E-state index contributed by atoms with van der Waals surface area (Å²) in [6, 6.07) is 3.65. The first kappa shape index (κ1) is 25.5. The van der Waals surface area contributed by atoms with Crippen LogP contribution >= 0.6 is 0 Å². The maximum absolute atomic E-state index is 12.7. The molecule has 0 bridgehead atoms. The van der Waals surface area contributed by atoms with Crippen LogP contribution in [0.15, 0.2) is 60.0 Å². The van der Waals surface area contributed by atoms with Gasteiger partial charge >= 0.3 is 6.18 Å². The van der Waals surface area contributed by atoms with Gasteiger partial charge < -0.3 is 9.30 Å². The second-order valence-electron chi connectivity index (χ2n) is 8.46. The topological polar surface area (TPSA) is 64.4 Å². The Morgan fingerprint density at radius 1 is 1.12 bits per heavy atom. The fraction of sp³-hybridized carbons (Fsp3) is 0.522. The highest BCUT2D eigenvalue weighted by molar-refractivity contribution is 7.89. The maximum atomic E-state index is 12.7. The van der Waals surface area contributed by atoms with E-state index < -0.39 is 21.8 Å². The van der Waals surface area contributed by atoms with Crippen LogP contribution in [-0.2, 0) is 27.5 Å². The number of ether oxygens (including phenoxy) is 1. The number of hydrogen-bond acceptors (Lipinski definition) is 4. The molecule has 6 nitrogen and oxygen atoms in total. The van der Waals surface area contributed by atoms with Crippen LogP contribution < -0.4 is 0 Å². The summed E-state index contributed by atoms with van der Waals surface area (Å²) in [5.41, 5.74) is -0.863. The summed E-state index contributed by atoms with van der Waals surface area (Å²) >= 11 is 0. The number of benzene rings is 1. The SMILES string of the molecule is CN(CC1CCC(COCC=CCn2ccnc2)CC1)S(=O)(=O)c1ccc(C(F)(F)F)cc1. The van der Waals surface area contributed by atoms with E-state index in [0.717, 1.165) is 56.5 Å². The van der Waals surface area contributed by atoms with Crippen LogP contribution in [0.2, 0.25) is 0 Å². The van der Waals surface area contributed by atoms with Crippen molar-refractivity contribution >= 4 is 10.0 Å². The minimum Gasteiger partial charge on any atom is -0.377 e. The Bertz CT molecular complexity index is 982. The quantitative estimate of drug-likeness (QED) is 0.364. The maximum Gasteiger partial charge on any atom is 0.416 e. The molecular weight excluding hydrogens is 455 g/mol. The first-order valence-electron chi connectivity index (χ1n) is 11.0. The molecular formula is C23H30F3N3O3S. The summed E-state index contributed by atoms with van der Waals surface area (Å²) in [5, 5.41) is 0. The number of allylic oxidation sites excluding steroid dienone is 1. The Hall–Kier alpha value is -2.17. The molecule has 1 aliphatic carbocycles. The molecule has 0 saturated heterocycles. The van der Waals surface area contributed by atoms with Gasteiger partial charge in [0.05, 0.1) is 23.4 Å². The lowest BCUT2D eigenvalue weighted by Crippen LogP contribution is -2.34. The van der Waals surface area contributed by atoms with Crippen molar-refractivity contribution in [3.05, 3.63) is 60.7 Å². The number of rotatable bonds is 10. The number of imidazole rings is 1. The highest BCUT2D eigenvalue weighted by Crippen LogP contribution is 2.32. The lowest BCUT2D eigenvalue weighted by molar-refractivity contribution is -0.137. The Balaban J connectivity index is 1.38. The molecule has 10 heteroatoms. The largest absolute Gasteiger partial charge is 0.416 e. The van der Waals surface area contributed by atoms with E-state index in [1.165, 1.54) is 11.4 Å². The summed E-state index contributed by atoms with van der Waals surface area (Å²) in [7, 11) is -2.34. The fourth-order valence-corrected chi connectivity index (χ4v) is 5.25. The lowest BCUT2D eigenvalue weighted by atomic mass is 9.82. The first-order chi connectivity index (χ1) is 15.7. The Labute approximate surface area is 193 Å². The second kappa shape index (κ2) is 11.3. The number of sulfonamides is 1. The number of hydrogen-bond donors (Lipinski definition) is 0. The van der Waals surface area contributed by atoms with E-state index in [2.05, 4.69) is 4.98 Å². The summed E-state index contributed by atoms with van der Waals surface area (Å²) < 4.78 is 72.6. The molecule has 33 heavy (non-hydrogen) atoms. The molecule has 1 fully saturated rings.